The Morgan fingerprint density at radius 1 is 1.33 bits per heavy atom. The van der Waals surface area contributed by atoms with E-state index in [4.69, 9.17) is 0 Å². The molecule has 0 bridgehead atoms. The summed E-state index contributed by atoms with van der Waals surface area (Å²) in [6.07, 6.45) is 3.76. The number of aromatic nitrogens is 2. The van der Waals surface area contributed by atoms with Crippen LogP contribution in [0, 0.1) is 0 Å². The predicted octanol–water partition coefficient (Wildman–Crippen LogP) is 4.07. The van der Waals surface area contributed by atoms with Crippen LogP contribution in [0.2, 0.25) is 0 Å². The number of halogens is 2. The van der Waals surface area contributed by atoms with E-state index >= 15 is 0 Å². The van der Waals surface area contributed by atoms with E-state index in [1.54, 1.807) is 6.20 Å². The Labute approximate surface area is 124 Å². The second kappa shape index (κ2) is 5.99. The highest BCUT2D eigenvalue weighted by Crippen LogP contribution is 2.26. The summed E-state index contributed by atoms with van der Waals surface area (Å²) in [6.45, 7) is 5.22. The SMILES string of the molecule is CCNC(C)c1ccc(Br)cc1-n1cc(Br)cn1. The normalized spacial score (nSPS) is 12.7. The topological polar surface area (TPSA) is 29.9 Å². The Balaban J connectivity index is 2.47. The van der Waals surface area contributed by atoms with Gasteiger partial charge in [-0.3, -0.25) is 0 Å². The van der Waals surface area contributed by atoms with Gasteiger partial charge >= 0.3 is 0 Å². The van der Waals surface area contributed by atoms with E-state index < -0.39 is 0 Å². The Bertz CT molecular complexity index is 537. The van der Waals surface area contributed by atoms with Crippen LogP contribution in [0.3, 0.4) is 0 Å². The Hall–Kier alpha value is -0.650. The lowest BCUT2D eigenvalue weighted by atomic mass is 10.1. The summed E-state index contributed by atoms with van der Waals surface area (Å²) >= 11 is 6.94. The van der Waals surface area contributed by atoms with Crippen LogP contribution in [-0.2, 0) is 0 Å². The molecule has 0 amide bonds. The molecule has 0 saturated carbocycles. The van der Waals surface area contributed by atoms with Gasteiger partial charge in [0.1, 0.15) is 0 Å². The maximum atomic E-state index is 4.35. The highest BCUT2D eigenvalue weighted by atomic mass is 79.9. The number of nitrogens with one attached hydrogen (secondary N) is 1. The van der Waals surface area contributed by atoms with E-state index in [0.717, 1.165) is 21.2 Å². The van der Waals surface area contributed by atoms with Gasteiger partial charge in [0.05, 0.1) is 16.4 Å². The molecule has 0 saturated heterocycles. The third kappa shape index (κ3) is 3.02. The molecule has 3 nitrogen and oxygen atoms in total. The zero-order valence-corrected chi connectivity index (χ0v) is 13.5. The molecular formula is C13H15Br2N3. The van der Waals surface area contributed by atoms with E-state index in [-0.39, 0.29) is 0 Å². The molecule has 1 N–H and O–H groups in total. The molecule has 0 spiro atoms. The van der Waals surface area contributed by atoms with Crippen LogP contribution in [0.25, 0.3) is 5.69 Å². The smallest absolute Gasteiger partial charge is 0.0704 e. The molecule has 0 aliphatic heterocycles. The van der Waals surface area contributed by atoms with Gasteiger partial charge in [0.25, 0.3) is 0 Å². The van der Waals surface area contributed by atoms with Gasteiger partial charge in [-0.15, -0.1) is 0 Å². The monoisotopic (exact) mass is 371 g/mol. The number of hydrogen-bond donors (Lipinski definition) is 1. The van der Waals surface area contributed by atoms with Gasteiger partial charge in [0, 0.05) is 16.7 Å². The second-order valence-corrected chi connectivity index (χ2v) is 5.92. The van der Waals surface area contributed by atoms with Crippen molar-refractivity contribution in [2.24, 2.45) is 0 Å². The molecule has 18 heavy (non-hydrogen) atoms. The summed E-state index contributed by atoms with van der Waals surface area (Å²) in [5.41, 5.74) is 2.32. The van der Waals surface area contributed by atoms with Crippen molar-refractivity contribution < 1.29 is 0 Å². The molecule has 0 radical (unpaired) electrons. The minimum absolute atomic E-state index is 0.293. The van der Waals surface area contributed by atoms with E-state index in [1.807, 2.05) is 10.9 Å². The largest absolute Gasteiger partial charge is 0.310 e. The van der Waals surface area contributed by atoms with Crippen molar-refractivity contribution >= 4 is 31.9 Å². The van der Waals surface area contributed by atoms with Crippen molar-refractivity contribution in [2.45, 2.75) is 19.9 Å². The van der Waals surface area contributed by atoms with E-state index in [2.05, 4.69) is 74.3 Å². The highest BCUT2D eigenvalue weighted by molar-refractivity contribution is 9.10. The lowest BCUT2D eigenvalue weighted by Gasteiger charge is -2.17. The molecule has 0 fully saturated rings. The minimum atomic E-state index is 0.293. The molecule has 1 aromatic heterocycles. The zero-order valence-electron chi connectivity index (χ0n) is 10.3. The molecule has 1 atom stereocenters. The summed E-state index contributed by atoms with van der Waals surface area (Å²) in [4.78, 5) is 0. The minimum Gasteiger partial charge on any atom is -0.310 e. The fourth-order valence-electron chi connectivity index (χ4n) is 1.93. The summed E-state index contributed by atoms with van der Waals surface area (Å²) in [7, 11) is 0. The van der Waals surface area contributed by atoms with Crippen molar-refractivity contribution in [3.05, 3.63) is 45.1 Å². The number of nitrogens with zero attached hydrogens (tertiary/aromatic N) is 2. The summed E-state index contributed by atoms with van der Waals surface area (Å²) in [5.74, 6) is 0. The van der Waals surface area contributed by atoms with Gasteiger partial charge in [-0.05, 0) is 47.1 Å². The van der Waals surface area contributed by atoms with Gasteiger partial charge in [-0.2, -0.15) is 5.10 Å². The van der Waals surface area contributed by atoms with Gasteiger partial charge in [0.15, 0.2) is 0 Å². The fourth-order valence-corrected chi connectivity index (χ4v) is 2.56. The predicted molar refractivity (Wildman–Crippen MR) is 81.1 cm³/mol. The first-order valence-electron chi connectivity index (χ1n) is 5.85. The summed E-state index contributed by atoms with van der Waals surface area (Å²) in [5, 5.41) is 7.78. The Morgan fingerprint density at radius 3 is 2.72 bits per heavy atom. The molecule has 0 aliphatic carbocycles. The zero-order chi connectivity index (χ0) is 13.1. The molecule has 1 heterocycles. The lowest BCUT2D eigenvalue weighted by Crippen LogP contribution is -2.19. The molecule has 0 aliphatic rings. The molecule has 5 heteroatoms. The van der Waals surface area contributed by atoms with Crippen LogP contribution in [0.15, 0.2) is 39.5 Å². The standard InChI is InChI=1S/C13H15Br2N3/c1-3-16-9(2)12-5-4-10(14)6-13(12)18-8-11(15)7-17-18/h4-9,16H,3H2,1-2H3. The van der Waals surface area contributed by atoms with E-state index in [9.17, 15) is 0 Å². The first-order valence-corrected chi connectivity index (χ1v) is 7.43. The van der Waals surface area contributed by atoms with Crippen LogP contribution in [0.5, 0.6) is 0 Å². The van der Waals surface area contributed by atoms with Gasteiger partial charge < -0.3 is 5.32 Å². The van der Waals surface area contributed by atoms with Crippen molar-refractivity contribution in [1.82, 2.24) is 15.1 Å². The third-order valence-electron chi connectivity index (χ3n) is 2.77. The van der Waals surface area contributed by atoms with Crippen LogP contribution < -0.4 is 5.32 Å². The molecule has 1 unspecified atom stereocenters. The average Bonchev–Trinajstić information content (AvgIpc) is 2.76. The average molecular weight is 373 g/mol. The number of rotatable bonds is 4. The Kier molecular flexibility index (Phi) is 4.59. The first kappa shape index (κ1) is 13.8. The number of benzene rings is 1. The molecule has 2 rings (SSSR count). The maximum Gasteiger partial charge on any atom is 0.0704 e. The quantitative estimate of drug-likeness (QED) is 0.876. The van der Waals surface area contributed by atoms with Gasteiger partial charge in [-0.1, -0.05) is 28.9 Å². The number of hydrogen-bond acceptors (Lipinski definition) is 2. The van der Waals surface area contributed by atoms with Crippen molar-refractivity contribution in [1.29, 1.82) is 0 Å². The Morgan fingerprint density at radius 2 is 2.11 bits per heavy atom. The molecule has 96 valence electrons. The molecule has 2 aromatic rings. The third-order valence-corrected chi connectivity index (χ3v) is 3.67. The van der Waals surface area contributed by atoms with Gasteiger partial charge in [-0.25, -0.2) is 4.68 Å². The molecular weight excluding hydrogens is 358 g/mol. The summed E-state index contributed by atoms with van der Waals surface area (Å²) < 4.78 is 3.92. The van der Waals surface area contributed by atoms with Crippen molar-refractivity contribution in [3.8, 4) is 5.69 Å². The second-order valence-electron chi connectivity index (χ2n) is 4.09. The maximum absolute atomic E-state index is 4.35. The van der Waals surface area contributed by atoms with Crippen molar-refractivity contribution in [3.63, 3.8) is 0 Å². The van der Waals surface area contributed by atoms with Crippen molar-refractivity contribution in [2.75, 3.05) is 6.54 Å². The molecule has 1 aromatic carbocycles. The van der Waals surface area contributed by atoms with E-state index in [0.29, 0.717) is 6.04 Å². The van der Waals surface area contributed by atoms with Crippen LogP contribution in [0.1, 0.15) is 25.5 Å². The highest BCUT2D eigenvalue weighted by Gasteiger charge is 2.12. The first-order chi connectivity index (χ1) is 8.61. The van der Waals surface area contributed by atoms with E-state index in [1.165, 1.54) is 5.56 Å². The summed E-state index contributed by atoms with van der Waals surface area (Å²) in [6, 6.07) is 6.57. The van der Waals surface area contributed by atoms with Gasteiger partial charge in [0.2, 0.25) is 0 Å². The van der Waals surface area contributed by atoms with Crippen LogP contribution in [0.4, 0.5) is 0 Å². The van der Waals surface area contributed by atoms with Crippen LogP contribution >= 0.6 is 31.9 Å². The fraction of sp³-hybridized carbons (Fsp3) is 0.308. The lowest BCUT2D eigenvalue weighted by molar-refractivity contribution is 0.593. The van der Waals surface area contributed by atoms with Crippen LogP contribution in [-0.4, -0.2) is 16.3 Å².